The molecule has 2 unspecified atom stereocenters. The zero-order valence-corrected chi connectivity index (χ0v) is 9.53. The molecule has 82 valence electrons. The van der Waals surface area contributed by atoms with E-state index in [1.807, 2.05) is 0 Å². The van der Waals surface area contributed by atoms with Gasteiger partial charge in [-0.15, -0.1) is 0 Å². The predicted molar refractivity (Wildman–Crippen MR) is 65.0 cm³/mol. The van der Waals surface area contributed by atoms with Crippen molar-refractivity contribution in [1.82, 2.24) is 4.98 Å². The first kappa shape index (κ1) is 9.52. The molecule has 0 saturated heterocycles. The van der Waals surface area contributed by atoms with Crippen molar-refractivity contribution in [3.05, 3.63) is 53.1 Å². The largest absolute Gasteiger partial charge is 0.497 e. The van der Waals surface area contributed by atoms with Crippen LogP contribution in [0.2, 0.25) is 0 Å². The zero-order chi connectivity index (χ0) is 11.1. The summed E-state index contributed by atoms with van der Waals surface area (Å²) in [6.45, 7) is 2.16. The van der Waals surface area contributed by atoms with Gasteiger partial charge in [0.1, 0.15) is 5.76 Å². The van der Waals surface area contributed by atoms with Crippen molar-refractivity contribution >= 4 is 6.08 Å². The van der Waals surface area contributed by atoms with Crippen LogP contribution >= 0.6 is 0 Å². The third kappa shape index (κ3) is 1.26. The van der Waals surface area contributed by atoms with Gasteiger partial charge in [0.05, 0.1) is 7.11 Å². The predicted octanol–water partition coefficient (Wildman–Crippen LogP) is 3.15. The Bertz CT molecular complexity index is 505. The summed E-state index contributed by atoms with van der Waals surface area (Å²) in [5.41, 5.74) is 3.98. The molecule has 2 aliphatic carbocycles. The second kappa shape index (κ2) is 3.41. The Labute approximate surface area is 95.3 Å². The Morgan fingerprint density at radius 1 is 1.25 bits per heavy atom. The number of hydrogen-bond donors (Lipinski definition) is 1. The van der Waals surface area contributed by atoms with Crippen LogP contribution in [0.3, 0.4) is 0 Å². The van der Waals surface area contributed by atoms with Gasteiger partial charge in [-0.05, 0) is 36.3 Å². The highest BCUT2D eigenvalue weighted by atomic mass is 16.5. The molecular weight excluding hydrogens is 198 g/mol. The molecule has 2 heteroatoms. The molecule has 0 amide bonds. The first-order valence-electron chi connectivity index (χ1n) is 5.59. The Kier molecular flexibility index (Phi) is 2.03. The van der Waals surface area contributed by atoms with E-state index in [2.05, 4.69) is 48.5 Å². The maximum absolute atomic E-state index is 5.31. The first-order chi connectivity index (χ1) is 7.79. The number of nitrogens with one attached hydrogen (secondary N) is 1. The summed E-state index contributed by atoms with van der Waals surface area (Å²) in [4.78, 5) is 3.31. The normalized spacial score (nSPS) is 26.0. The third-order valence-corrected chi connectivity index (χ3v) is 3.45. The minimum Gasteiger partial charge on any atom is -0.497 e. The standard InChI is InChI=1S/C14H15NO/c1-9-8-15-13-6-4-10-3-5-11(16-2)7-12(10)14(9)13/h3-8,10,12,15H,1-2H3. The van der Waals surface area contributed by atoms with Crippen molar-refractivity contribution in [1.29, 1.82) is 0 Å². The first-order valence-corrected chi connectivity index (χ1v) is 5.59. The minimum absolute atomic E-state index is 0.422. The summed E-state index contributed by atoms with van der Waals surface area (Å²) >= 11 is 0. The Hall–Kier alpha value is -1.70. The van der Waals surface area contributed by atoms with Gasteiger partial charge in [0.25, 0.3) is 0 Å². The van der Waals surface area contributed by atoms with Gasteiger partial charge in [-0.25, -0.2) is 0 Å². The molecule has 0 aliphatic heterocycles. The summed E-state index contributed by atoms with van der Waals surface area (Å²) in [6, 6.07) is 0. The monoisotopic (exact) mass is 213 g/mol. The average molecular weight is 213 g/mol. The molecule has 0 fully saturated rings. The van der Waals surface area contributed by atoms with Gasteiger partial charge < -0.3 is 9.72 Å². The van der Waals surface area contributed by atoms with E-state index in [0.717, 1.165) is 5.76 Å². The second-order valence-corrected chi connectivity index (χ2v) is 4.39. The average Bonchev–Trinajstić information content (AvgIpc) is 2.71. The summed E-state index contributed by atoms with van der Waals surface area (Å²) < 4.78 is 5.31. The van der Waals surface area contributed by atoms with E-state index in [1.54, 1.807) is 7.11 Å². The molecule has 0 spiro atoms. The van der Waals surface area contributed by atoms with Gasteiger partial charge in [-0.3, -0.25) is 0 Å². The lowest BCUT2D eigenvalue weighted by Crippen LogP contribution is -2.15. The van der Waals surface area contributed by atoms with Crippen molar-refractivity contribution in [2.75, 3.05) is 7.11 Å². The number of aromatic amines is 1. The van der Waals surface area contributed by atoms with Crippen molar-refractivity contribution in [2.45, 2.75) is 12.8 Å². The molecule has 2 nitrogen and oxygen atoms in total. The van der Waals surface area contributed by atoms with Crippen LogP contribution in [0.4, 0.5) is 0 Å². The van der Waals surface area contributed by atoms with Crippen LogP contribution < -0.4 is 0 Å². The third-order valence-electron chi connectivity index (χ3n) is 3.45. The van der Waals surface area contributed by atoms with Gasteiger partial charge in [0.15, 0.2) is 0 Å². The number of hydrogen-bond acceptors (Lipinski definition) is 1. The molecule has 1 aromatic rings. The summed E-state index contributed by atoms with van der Waals surface area (Å²) in [5.74, 6) is 1.86. The van der Waals surface area contributed by atoms with Crippen molar-refractivity contribution < 1.29 is 4.74 Å². The van der Waals surface area contributed by atoms with Crippen LogP contribution in [-0.4, -0.2) is 12.1 Å². The van der Waals surface area contributed by atoms with E-state index in [9.17, 15) is 0 Å². The van der Waals surface area contributed by atoms with Crippen LogP contribution in [0, 0.1) is 12.8 Å². The summed E-state index contributed by atoms with van der Waals surface area (Å²) in [5, 5.41) is 0. The lowest BCUT2D eigenvalue weighted by Gasteiger charge is -2.27. The summed E-state index contributed by atoms with van der Waals surface area (Å²) in [6.07, 6.45) is 13.0. The van der Waals surface area contributed by atoms with E-state index in [1.165, 1.54) is 16.8 Å². The molecule has 1 aromatic heterocycles. The lowest BCUT2D eigenvalue weighted by atomic mass is 9.78. The molecule has 2 aliphatic rings. The van der Waals surface area contributed by atoms with E-state index >= 15 is 0 Å². The smallest absolute Gasteiger partial charge is 0.115 e. The summed E-state index contributed by atoms with van der Waals surface area (Å²) in [7, 11) is 1.72. The Morgan fingerprint density at radius 3 is 2.88 bits per heavy atom. The van der Waals surface area contributed by atoms with E-state index in [-0.39, 0.29) is 0 Å². The van der Waals surface area contributed by atoms with E-state index in [0.29, 0.717) is 11.8 Å². The van der Waals surface area contributed by atoms with Crippen molar-refractivity contribution in [2.24, 2.45) is 5.92 Å². The van der Waals surface area contributed by atoms with Gasteiger partial charge in [0.2, 0.25) is 0 Å². The highest BCUT2D eigenvalue weighted by molar-refractivity contribution is 5.60. The van der Waals surface area contributed by atoms with Crippen molar-refractivity contribution in [3.63, 3.8) is 0 Å². The quantitative estimate of drug-likeness (QED) is 0.761. The molecule has 16 heavy (non-hydrogen) atoms. The maximum atomic E-state index is 5.31. The molecule has 0 radical (unpaired) electrons. The molecule has 2 atom stereocenters. The number of methoxy groups -OCH3 is 1. The van der Waals surface area contributed by atoms with Crippen LogP contribution in [0.25, 0.3) is 6.08 Å². The molecule has 1 N–H and O–H groups in total. The van der Waals surface area contributed by atoms with Gasteiger partial charge in [-0.1, -0.05) is 12.2 Å². The SMILES string of the molecule is COC1=CC2c3c(C)c[nH]c3C=CC2C=C1. The minimum atomic E-state index is 0.422. The van der Waals surface area contributed by atoms with E-state index < -0.39 is 0 Å². The van der Waals surface area contributed by atoms with Crippen LogP contribution in [0.1, 0.15) is 22.7 Å². The molecule has 0 aromatic carbocycles. The molecule has 0 saturated carbocycles. The number of aromatic nitrogens is 1. The number of rotatable bonds is 1. The Morgan fingerprint density at radius 2 is 2.06 bits per heavy atom. The van der Waals surface area contributed by atoms with E-state index in [4.69, 9.17) is 4.74 Å². The van der Waals surface area contributed by atoms with Gasteiger partial charge >= 0.3 is 0 Å². The fraction of sp³-hybridized carbons (Fsp3) is 0.286. The lowest BCUT2D eigenvalue weighted by molar-refractivity contribution is 0.300. The Balaban J connectivity index is 2.11. The maximum Gasteiger partial charge on any atom is 0.115 e. The highest BCUT2D eigenvalue weighted by Crippen LogP contribution is 2.40. The number of allylic oxidation sites excluding steroid dienone is 4. The molecule has 1 heterocycles. The van der Waals surface area contributed by atoms with Gasteiger partial charge in [-0.2, -0.15) is 0 Å². The molecule has 0 bridgehead atoms. The fourth-order valence-electron chi connectivity index (χ4n) is 2.61. The zero-order valence-electron chi connectivity index (χ0n) is 9.53. The van der Waals surface area contributed by atoms with Gasteiger partial charge in [0, 0.05) is 23.7 Å². The number of fused-ring (bicyclic) bond motifs is 3. The second-order valence-electron chi connectivity index (χ2n) is 4.39. The van der Waals surface area contributed by atoms with Crippen LogP contribution in [0.15, 0.2) is 36.3 Å². The van der Waals surface area contributed by atoms with Crippen LogP contribution in [0.5, 0.6) is 0 Å². The number of aryl methyl sites for hydroxylation is 1. The fourth-order valence-corrected chi connectivity index (χ4v) is 2.61. The molecular formula is C14H15NO. The van der Waals surface area contributed by atoms with Crippen molar-refractivity contribution in [3.8, 4) is 0 Å². The van der Waals surface area contributed by atoms with Crippen LogP contribution in [-0.2, 0) is 4.74 Å². The number of H-pyrrole nitrogens is 1. The number of ether oxygens (including phenoxy) is 1. The topological polar surface area (TPSA) is 25.0 Å². The molecule has 3 rings (SSSR count). The highest BCUT2D eigenvalue weighted by Gasteiger charge is 2.28.